The SMILES string of the molecule is COc1cc(C=NCCCSSCCCN=Cc2ccc(OCC3CO3)c(OC)c2)ccc1OCC1CO1. The van der Waals surface area contributed by atoms with E-state index in [-0.39, 0.29) is 12.2 Å². The van der Waals surface area contributed by atoms with Gasteiger partial charge in [-0.05, 0) is 60.4 Å². The molecule has 0 spiro atoms. The van der Waals surface area contributed by atoms with Crippen LogP contribution in [-0.2, 0) is 9.47 Å². The van der Waals surface area contributed by atoms with Gasteiger partial charge < -0.3 is 28.4 Å². The van der Waals surface area contributed by atoms with Gasteiger partial charge in [0.1, 0.15) is 25.4 Å². The summed E-state index contributed by atoms with van der Waals surface area (Å²) in [5.74, 6) is 5.05. The lowest BCUT2D eigenvalue weighted by Gasteiger charge is -2.10. The zero-order valence-electron chi connectivity index (χ0n) is 22.0. The van der Waals surface area contributed by atoms with Gasteiger partial charge in [-0.15, -0.1) is 0 Å². The Kier molecular flexibility index (Phi) is 12.0. The normalized spacial score (nSPS) is 18.2. The van der Waals surface area contributed by atoms with Crippen LogP contribution in [-0.4, -0.2) is 89.9 Å². The molecule has 10 heteroatoms. The Morgan fingerprint density at radius 1 is 0.737 bits per heavy atom. The van der Waals surface area contributed by atoms with E-state index in [4.69, 9.17) is 28.4 Å². The van der Waals surface area contributed by atoms with E-state index in [1.807, 2.05) is 70.4 Å². The molecule has 2 aliphatic rings. The van der Waals surface area contributed by atoms with Gasteiger partial charge in [0.25, 0.3) is 0 Å². The maximum atomic E-state index is 5.75. The van der Waals surface area contributed by atoms with Gasteiger partial charge in [-0.3, -0.25) is 9.98 Å². The number of ether oxygens (including phenoxy) is 6. The lowest BCUT2D eigenvalue weighted by atomic mass is 10.2. The van der Waals surface area contributed by atoms with Crippen molar-refractivity contribution in [2.24, 2.45) is 9.98 Å². The van der Waals surface area contributed by atoms with E-state index < -0.39 is 0 Å². The van der Waals surface area contributed by atoms with Gasteiger partial charge in [-0.1, -0.05) is 21.6 Å². The monoisotopic (exact) mass is 560 g/mol. The Morgan fingerprint density at radius 2 is 1.18 bits per heavy atom. The average Bonchev–Trinajstić information content (AvgIpc) is 3.87. The van der Waals surface area contributed by atoms with Crippen molar-refractivity contribution in [2.45, 2.75) is 25.0 Å². The summed E-state index contributed by atoms with van der Waals surface area (Å²) in [7, 11) is 7.09. The van der Waals surface area contributed by atoms with Crippen LogP contribution >= 0.6 is 21.6 Å². The zero-order valence-corrected chi connectivity index (χ0v) is 23.6. The van der Waals surface area contributed by atoms with Crippen molar-refractivity contribution >= 4 is 34.0 Å². The van der Waals surface area contributed by atoms with Crippen molar-refractivity contribution in [3.63, 3.8) is 0 Å². The van der Waals surface area contributed by atoms with E-state index in [2.05, 4.69) is 9.98 Å². The summed E-state index contributed by atoms with van der Waals surface area (Å²) < 4.78 is 32.7. The lowest BCUT2D eigenvalue weighted by Crippen LogP contribution is -2.05. The van der Waals surface area contributed by atoms with E-state index in [0.29, 0.717) is 24.7 Å². The highest BCUT2D eigenvalue weighted by Gasteiger charge is 2.24. The summed E-state index contributed by atoms with van der Waals surface area (Å²) in [6.45, 7) is 4.28. The molecule has 0 aliphatic carbocycles. The second-order valence-corrected chi connectivity index (χ2v) is 11.5. The molecule has 2 atom stereocenters. The van der Waals surface area contributed by atoms with Gasteiger partial charge in [-0.2, -0.15) is 0 Å². The number of benzene rings is 2. The van der Waals surface area contributed by atoms with Gasteiger partial charge in [0.2, 0.25) is 0 Å². The summed E-state index contributed by atoms with van der Waals surface area (Å²) >= 11 is 0. The van der Waals surface area contributed by atoms with Crippen LogP contribution in [0.25, 0.3) is 0 Å². The standard InChI is InChI=1S/C28H36N2O6S2/c1-31-27-13-21(5-7-25(27)35-19-23-17-33-23)15-29-9-3-11-37-38-12-4-10-30-16-22-6-8-26(28(14-22)32-2)36-20-24-18-34-24/h5-8,13-16,23-24H,3-4,9-12,17-20H2,1-2H3. The molecule has 2 unspecified atom stereocenters. The van der Waals surface area contributed by atoms with Crippen molar-refractivity contribution < 1.29 is 28.4 Å². The summed E-state index contributed by atoms with van der Waals surface area (Å²) in [4.78, 5) is 9.10. The predicted molar refractivity (Wildman–Crippen MR) is 156 cm³/mol. The smallest absolute Gasteiger partial charge is 0.161 e. The van der Waals surface area contributed by atoms with Crippen LogP contribution in [0.3, 0.4) is 0 Å². The highest BCUT2D eigenvalue weighted by atomic mass is 33.1. The highest BCUT2D eigenvalue weighted by Crippen LogP contribution is 2.30. The van der Waals surface area contributed by atoms with Gasteiger partial charge >= 0.3 is 0 Å². The van der Waals surface area contributed by atoms with Crippen LogP contribution in [0.2, 0.25) is 0 Å². The van der Waals surface area contributed by atoms with Crippen molar-refractivity contribution in [3.8, 4) is 23.0 Å². The lowest BCUT2D eigenvalue weighted by molar-refractivity contribution is 0.252. The third kappa shape index (κ3) is 10.4. The van der Waals surface area contributed by atoms with Gasteiger partial charge in [0.15, 0.2) is 23.0 Å². The van der Waals surface area contributed by atoms with Crippen molar-refractivity contribution in [3.05, 3.63) is 47.5 Å². The largest absolute Gasteiger partial charge is 0.493 e. The Bertz CT molecular complexity index is 976. The number of epoxide rings is 2. The topological polar surface area (TPSA) is 86.7 Å². The van der Waals surface area contributed by atoms with Crippen LogP contribution in [0, 0.1) is 0 Å². The molecular weight excluding hydrogens is 524 g/mol. The second kappa shape index (κ2) is 15.9. The molecule has 2 aromatic rings. The molecule has 4 rings (SSSR count). The first-order valence-corrected chi connectivity index (χ1v) is 15.3. The number of aliphatic imine (C=N–C) groups is 2. The molecule has 0 N–H and O–H groups in total. The van der Waals surface area contributed by atoms with E-state index in [9.17, 15) is 0 Å². The van der Waals surface area contributed by atoms with Crippen LogP contribution in [0.5, 0.6) is 23.0 Å². The summed E-state index contributed by atoms with van der Waals surface area (Å²) in [6.07, 6.45) is 6.32. The molecule has 0 bridgehead atoms. The van der Waals surface area contributed by atoms with Gasteiger partial charge in [-0.25, -0.2) is 0 Å². The Labute approximate surface area is 232 Å². The predicted octanol–water partition coefficient (Wildman–Crippen LogP) is 4.96. The molecule has 2 aromatic carbocycles. The first-order chi connectivity index (χ1) is 18.7. The van der Waals surface area contributed by atoms with E-state index in [1.54, 1.807) is 14.2 Å². The van der Waals surface area contributed by atoms with E-state index >= 15 is 0 Å². The van der Waals surface area contributed by atoms with Crippen molar-refractivity contribution in [1.29, 1.82) is 0 Å². The second-order valence-electron chi connectivity index (χ2n) is 8.77. The molecule has 2 fully saturated rings. The van der Waals surface area contributed by atoms with E-state index in [1.165, 1.54) is 0 Å². The average molecular weight is 561 g/mol. The fourth-order valence-electron chi connectivity index (χ4n) is 3.35. The van der Waals surface area contributed by atoms with Crippen molar-refractivity contribution in [1.82, 2.24) is 0 Å². The number of nitrogens with zero attached hydrogens (tertiary/aromatic N) is 2. The Balaban J connectivity index is 1.03. The fourth-order valence-corrected chi connectivity index (χ4v) is 5.49. The minimum absolute atomic E-state index is 0.220. The summed E-state index contributed by atoms with van der Waals surface area (Å²) in [5.41, 5.74) is 2.01. The fraction of sp³-hybridized carbons (Fsp3) is 0.500. The molecular formula is C28H36N2O6S2. The molecule has 2 saturated heterocycles. The molecule has 8 nitrogen and oxygen atoms in total. The van der Waals surface area contributed by atoms with Crippen molar-refractivity contribution in [2.75, 3.05) is 65.2 Å². The zero-order chi connectivity index (χ0) is 26.4. The molecule has 2 aliphatic heterocycles. The molecule has 0 aromatic heterocycles. The van der Waals surface area contributed by atoms with Crippen LogP contribution in [0.4, 0.5) is 0 Å². The molecule has 0 amide bonds. The van der Waals surface area contributed by atoms with Gasteiger partial charge in [0.05, 0.1) is 27.4 Å². The molecule has 38 heavy (non-hydrogen) atoms. The number of hydrogen-bond donors (Lipinski definition) is 0. The minimum Gasteiger partial charge on any atom is -0.493 e. The van der Waals surface area contributed by atoms with Crippen LogP contribution in [0.15, 0.2) is 46.4 Å². The molecule has 0 radical (unpaired) electrons. The molecule has 206 valence electrons. The maximum absolute atomic E-state index is 5.75. The van der Waals surface area contributed by atoms with Gasteiger partial charge in [0, 0.05) is 37.0 Å². The quantitative estimate of drug-likeness (QED) is 0.103. The molecule has 0 saturated carbocycles. The summed E-state index contributed by atoms with van der Waals surface area (Å²) in [6, 6.07) is 11.7. The van der Waals surface area contributed by atoms with Crippen LogP contribution < -0.4 is 18.9 Å². The molecule has 2 heterocycles. The Hall–Kier alpha value is -2.40. The first-order valence-electron chi connectivity index (χ1n) is 12.8. The van der Waals surface area contributed by atoms with Crippen LogP contribution in [0.1, 0.15) is 24.0 Å². The number of methoxy groups -OCH3 is 2. The number of hydrogen-bond acceptors (Lipinski definition) is 10. The maximum Gasteiger partial charge on any atom is 0.161 e. The first kappa shape index (κ1) is 28.6. The number of rotatable bonds is 19. The van der Waals surface area contributed by atoms with E-state index in [0.717, 1.165) is 73.3 Å². The Morgan fingerprint density at radius 3 is 1.58 bits per heavy atom. The minimum atomic E-state index is 0.220. The highest BCUT2D eigenvalue weighted by molar-refractivity contribution is 8.76. The summed E-state index contributed by atoms with van der Waals surface area (Å²) in [5, 5.41) is 0. The third-order valence-corrected chi connectivity index (χ3v) is 8.20. The third-order valence-electron chi connectivity index (χ3n) is 5.62.